The molecule has 1 rings (SSSR count). The van der Waals surface area contributed by atoms with E-state index < -0.39 is 44.0 Å². The predicted molar refractivity (Wildman–Crippen MR) is 63.9 cm³/mol. The average Bonchev–Trinajstić information content (AvgIpc) is 2.27. The summed E-state index contributed by atoms with van der Waals surface area (Å²) in [6.07, 6.45) is -8.08. The lowest BCUT2D eigenvalue weighted by molar-refractivity contribution is -0.220. The monoisotopic (exact) mass is 332 g/mol. The lowest BCUT2D eigenvalue weighted by Crippen LogP contribution is -2.41. The van der Waals surface area contributed by atoms with Crippen molar-refractivity contribution in [3.8, 4) is 0 Å². The minimum absolute atomic E-state index is 0.00510. The highest BCUT2D eigenvalue weighted by atomic mass is 31.2. The molecule has 12 heteroatoms. The van der Waals surface area contributed by atoms with Crippen molar-refractivity contribution in [2.75, 3.05) is 6.35 Å². The van der Waals surface area contributed by atoms with Crippen LogP contribution in [0.5, 0.6) is 0 Å². The number of halogens is 3. The quantitative estimate of drug-likeness (QED) is 0.649. The molecule has 0 aliphatic rings. The van der Waals surface area contributed by atoms with Gasteiger partial charge < -0.3 is 14.5 Å². The molecule has 1 aromatic heterocycles. The van der Waals surface area contributed by atoms with Crippen LogP contribution in [0.15, 0.2) is 15.8 Å². The van der Waals surface area contributed by atoms with Crippen LogP contribution in [-0.2, 0) is 15.8 Å². The second-order valence-electron chi connectivity index (χ2n) is 4.21. The van der Waals surface area contributed by atoms with Gasteiger partial charge in [-0.1, -0.05) is 0 Å². The molecule has 1 heterocycles. The third-order valence-electron chi connectivity index (χ3n) is 2.36. The Morgan fingerprint density at radius 2 is 2.00 bits per heavy atom. The molecule has 0 saturated carbocycles. The standard InChI is InChI=1S/C9H12F3N2O6P/c1-5-2-14(8(16)13-7(5)15)3-6(9(10,11)12)20-4-21(17,18)19/h2,6H,3-4H2,1H3,(H,13,15,16)(H2,17,18,19). The summed E-state index contributed by atoms with van der Waals surface area (Å²) in [5.74, 6) is 0. The Hall–Kier alpha value is -1.42. The van der Waals surface area contributed by atoms with E-state index in [-0.39, 0.29) is 5.56 Å². The second-order valence-corrected chi connectivity index (χ2v) is 5.80. The molecule has 1 unspecified atom stereocenters. The third-order valence-corrected chi connectivity index (χ3v) is 2.85. The van der Waals surface area contributed by atoms with E-state index in [1.54, 1.807) is 0 Å². The second kappa shape index (κ2) is 6.14. The highest BCUT2D eigenvalue weighted by Crippen LogP contribution is 2.36. The van der Waals surface area contributed by atoms with E-state index in [1.165, 1.54) is 6.92 Å². The lowest BCUT2D eigenvalue weighted by atomic mass is 10.3. The Kier molecular flexibility index (Phi) is 5.16. The summed E-state index contributed by atoms with van der Waals surface area (Å²) in [5, 5.41) is 0. The van der Waals surface area contributed by atoms with E-state index in [2.05, 4.69) is 4.74 Å². The Balaban J connectivity index is 3.02. The number of H-pyrrole nitrogens is 1. The Morgan fingerprint density at radius 1 is 1.43 bits per heavy atom. The zero-order valence-corrected chi connectivity index (χ0v) is 11.5. The van der Waals surface area contributed by atoms with Crippen LogP contribution in [0.3, 0.4) is 0 Å². The van der Waals surface area contributed by atoms with Crippen LogP contribution in [0, 0.1) is 6.92 Å². The zero-order chi connectivity index (χ0) is 16.4. The van der Waals surface area contributed by atoms with Crippen LogP contribution in [0.1, 0.15) is 5.56 Å². The average molecular weight is 332 g/mol. The maximum Gasteiger partial charge on any atom is 0.416 e. The Morgan fingerprint density at radius 3 is 2.48 bits per heavy atom. The fourth-order valence-electron chi connectivity index (χ4n) is 1.37. The predicted octanol–water partition coefficient (Wildman–Crippen LogP) is -0.0723. The van der Waals surface area contributed by atoms with E-state index in [0.29, 0.717) is 4.57 Å². The van der Waals surface area contributed by atoms with Gasteiger partial charge in [0.05, 0.1) is 6.54 Å². The summed E-state index contributed by atoms with van der Waals surface area (Å²) in [6, 6.07) is 0. The van der Waals surface area contributed by atoms with Gasteiger partial charge in [0, 0.05) is 11.8 Å². The van der Waals surface area contributed by atoms with Gasteiger partial charge >= 0.3 is 19.5 Å². The number of nitrogens with zero attached hydrogens (tertiary/aromatic N) is 1. The molecule has 0 fully saturated rings. The van der Waals surface area contributed by atoms with E-state index in [0.717, 1.165) is 6.20 Å². The van der Waals surface area contributed by atoms with Crippen molar-refractivity contribution >= 4 is 7.60 Å². The number of nitrogens with one attached hydrogen (secondary N) is 1. The smallest absolute Gasteiger partial charge is 0.354 e. The first-order valence-electron chi connectivity index (χ1n) is 5.43. The lowest BCUT2D eigenvalue weighted by Gasteiger charge is -2.21. The largest absolute Gasteiger partial charge is 0.416 e. The highest BCUT2D eigenvalue weighted by Gasteiger charge is 2.42. The molecule has 0 amide bonds. The topological polar surface area (TPSA) is 122 Å². The molecule has 1 aromatic rings. The summed E-state index contributed by atoms with van der Waals surface area (Å²) in [7, 11) is -4.79. The van der Waals surface area contributed by atoms with Crippen LogP contribution in [0.2, 0.25) is 0 Å². The molecule has 0 aliphatic carbocycles. The van der Waals surface area contributed by atoms with Crippen LogP contribution >= 0.6 is 7.60 Å². The number of hydrogen-bond acceptors (Lipinski definition) is 4. The summed E-state index contributed by atoms with van der Waals surface area (Å²) >= 11 is 0. The van der Waals surface area contributed by atoms with Crippen molar-refractivity contribution < 1.29 is 32.3 Å². The molecule has 0 spiro atoms. The summed E-state index contributed by atoms with van der Waals surface area (Å²) < 4.78 is 53.5. The maximum absolute atomic E-state index is 12.7. The van der Waals surface area contributed by atoms with Gasteiger partial charge in [0.15, 0.2) is 6.10 Å². The molecule has 0 radical (unpaired) electrons. The van der Waals surface area contributed by atoms with Crippen LogP contribution in [-0.4, -0.2) is 38.0 Å². The van der Waals surface area contributed by atoms with Gasteiger partial charge in [-0.3, -0.25) is 18.9 Å². The fraction of sp³-hybridized carbons (Fsp3) is 0.556. The molecule has 1 atom stereocenters. The molecular weight excluding hydrogens is 320 g/mol. The molecule has 0 bridgehead atoms. The fourth-order valence-corrected chi connectivity index (χ4v) is 1.74. The van der Waals surface area contributed by atoms with E-state index >= 15 is 0 Å². The first-order valence-corrected chi connectivity index (χ1v) is 7.23. The normalized spacial score (nSPS) is 14.2. The van der Waals surface area contributed by atoms with Crippen molar-refractivity contribution in [2.24, 2.45) is 0 Å². The van der Waals surface area contributed by atoms with Crippen molar-refractivity contribution in [1.29, 1.82) is 0 Å². The number of hydrogen-bond donors (Lipinski definition) is 3. The molecule has 21 heavy (non-hydrogen) atoms. The molecular formula is C9H12F3N2O6P. The van der Waals surface area contributed by atoms with E-state index in [1.807, 2.05) is 4.98 Å². The summed E-state index contributed by atoms with van der Waals surface area (Å²) in [6.45, 7) is 0.244. The molecule has 8 nitrogen and oxygen atoms in total. The van der Waals surface area contributed by atoms with Gasteiger partial charge in [-0.05, 0) is 6.92 Å². The number of aromatic nitrogens is 2. The summed E-state index contributed by atoms with van der Waals surface area (Å²) in [5.41, 5.74) is -1.82. The zero-order valence-electron chi connectivity index (χ0n) is 10.6. The molecule has 3 N–H and O–H groups in total. The van der Waals surface area contributed by atoms with Gasteiger partial charge in [-0.2, -0.15) is 13.2 Å². The maximum atomic E-state index is 12.7. The third kappa shape index (κ3) is 5.46. The molecule has 0 aromatic carbocycles. The number of alkyl halides is 3. The van der Waals surface area contributed by atoms with Crippen molar-refractivity contribution in [3.63, 3.8) is 0 Å². The first kappa shape index (κ1) is 17.6. The van der Waals surface area contributed by atoms with Gasteiger partial charge in [0.25, 0.3) is 5.56 Å². The minimum atomic E-state index is -4.95. The SMILES string of the molecule is Cc1cn(CC(OCP(=O)(O)O)C(F)(F)F)c(=O)[nH]c1=O. The van der Waals surface area contributed by atoms with Crippen molar-refractivity contribution in [3.05, 3.63) is 32.6 Å². The molecule has 120 valence electrons. The van der Waals surface area contributed by atoms with Gasteiger partial charge in [0.1, 0.15) is 6.35 Å². The molecule has 0 aliphatic heterocycles. The number of ether oxygens (including phenoxy) is 1. The first-order chi connectivity index (χ1) is 9.40. The molecule has 0 saturated heterocycles. The Bertz CT molecular complexity index is 661. The Labute approximate surface area is 115 Å². The van der Waals surface area contributed by atoms with Crippen LogP contribution in [0.25, 0.3) is 0 Å². The van der Waals surface area contributed by atoms with Crippen LogP contribution in [0.4, 0.5) is 13.2 Å². The number of rotatable bonds is 5. The minimum Gasteiger partial charge on any atom is -0.354 e. The van der Waals surface area contributed by atoms with E-state index in [4.69, 9.17) is 9.79 Å². The number of aromatic amines is 1. The van der Waals surface area contributed by atoms with Crippen LogP contribution < -0.4 is 11.2 Å². The van der Waals surface area contributed by atoms with Gasteiger partial charge in [0.2, 0.25) is 0 Å². The summed E-state index contributed by atoms with van der Waals surface area (Å²) in [4.78, 5) is 41.4. The van der Waals surface area contributed by atoms with E-state index in [9.17, 15) is 27.3 Å². The van der Waals surface area contributed by atoms with Crippen molar-refractivity contribution in [1.82, 2.24) is 9.55 Å². The van der Waals surface area contributed by atoms with Gasteiger partial charge in [-0.15, -0.1) is 0 Å². The highest BCUT2D eigenvalue weighted by molar-refractivity contribution is 7.51. The van der Waals surface area contributed by atoms with Gasteiger partial charge in [-0.25, -0.2) is 4.79 Å². The van der Waals surface area contributed by atoms with Crippen molar-refractivity contribution in [2.45, 2.75) is 25.7 Å². The number of aryl methyl sites for hydroxylation is 1.